The van der Waals surface area contributed by atoms with Crippen LogP contribution >= 0.6 is 0 Å². The van der Waals surface area contributed by atoms with Crippen LogP contribution in [0.25, 0.3) is 0 Å². The lowest BCUT2D eigenvalue weighted by Crippen LogP contribution is -2.47. The van der Waals surface area contributed by atoms with Crippen LogP contribution in [-0.2, 0) is 4.79 Å². The predicted octanol–water partition coefficient (Wildman–Crippen LogP) is 3.85. The molecular formula is C21H33N3O3. The highest BCUT2D eigenvalue weighted by molar-refractivity contribution is 5.79. The first kappa shape index (κ1) is 19.9. The van der Waals surface area contributed by atoms with Gasteiger partial charge in [-0.3, -0.25) is 4.79 Å². The highest BCUT2D eigenvalue weighted by Crippen LogP contribution is 2.33. The fraction of sp³-hybridized carbons (Fsp3) is 0.762. The molecule has 1 amide bonds. The fourth-order valence-electron chi connectivity index (χ4n) is 4.33. The molecule has 2 aliphatic rings. The maximum atomic E-state index is 13.0. The Hall–Kier alpha value is -1.85. The molecule has 2 heterocycles. The van der Waals surface area contributed by atoms with Crippen molar-refractivity contribution < 1.29 is 14.3 Å². The molecule has 0 radical (unpaired) electrons. The molecule has 0 bridgehead atoms. The van der Waals surface area contributed by atoms with E-state index in [0.29, 0.717) is 24.2 Å². The first-order valence-corrected chi connectivity index (χ1v) is 10.5. The SMILES string of the molecule is CCCCC1CCC(C(=O)N2CCCC(Oc3ccc(OC)nn3)C2)CC1. The van der Waals surface area contributed by atoms with E-state index in [4.69, 9.17) is 9.47 Å². The Kier molecular flexibility index (Phi) is 7.30. The van der Waals surface area contributed by atoms with Crippen molar-refractivity contribution in [1.82, 2.24) is 15.1 Å². The molecule has 1 aliphatic heterocycles. The number of aromatic nitrogens is 2. The van der Waals surface area contributed by atoms with E-state index in [9.17, 15) is 4.79 Å². The summed E-state index contributed by atoms with van der Waals surface area (Å²) >= 11 is 0. The Labute approximate surface area is 162 Å². The molecule has 1 saturated carbocycles. The average Bonchev–Trinajstić information content (AvgIpc) is 2.73. The zero-order valence-corrected chi connectivity index (χ0v) is 16.7. The molecule has 6 nitrogen and oxygen atoms in total. The van der Waals surface area contributed by atoms with Crippen LogP contribution in [0.2, 0.25) is 0 Å². The normalized spacial score (nSPS) is 25.9. The summed E-state index contributed by atoms with van der Waals surface area (Å²) < 4.78 is 11.0. The van der Waals surface area contributed by atoms with Crippen molar-refractivity contribution >= 4 is 5.91 Å². The van der Waals surface area contributed by atoms with Crippen molar-refractivity contribution in [2.24, 2.45) is 11.8 Å². The van der Waals surface area contributed by atoms with Gasteiger partial charge in [-0.15, -0.1) is 10.2 Å². The molecule has 6 heteroatoms. The first-order chi connectivity index (χ1) is 13.2. The summed E-state index contributed by atoms with van der Waals surface area (Å²) in [5.41, 5.74) is 0. The van der Waals surface area contributed by atoms with Gasteiger partial charge in [-0.2, -0.15) is 0 Å². The van der Waals surface area contributed by atoms with Crippen LogP contribution < -0.4 is 9.47 Å². The number of hydrogen-bond acceptors (Lipinski definition) is 5. The lowest BCUT2D eigenvalue weighted by molar-refractivity contribution is -0.139. The van der Waals surface area contributed by atoms with Gasteiger partial charge >= 0.3 is 0 Å². The molecule has 3 rings (SSSR count). The van der Waals surface area contributed by atoms with Crippen LogP contribution in [0.1, 0.15) is 64.7 Å². The third kappa shape index (κ3) is 5.56. The number of methoxy groups -OCH3 is 1. The van der Waals surface area contributed by atoms with Crippen molar-refractivity contribution in [3.8, 4) is 11.8 Å². The van der Waals surface area contributed by atoms with Crippen molar-refractivity contribution in [3.63, 3.8) is 0 Å². The maximum absolute atomic E-state index is 13.0. The summed E-state index contributed by atoms with van der Waals surface area (Å²) in [6.45, 7) is 3.76. The number of ether oxygens (including phenoxy) is 2. The van der Waals surface area contributed by atoms with Gasteiger partial charge in [-0.25, -0.2) is 0 Å². The molecule has 1 aliphatic carbocycles. The standard InChI is InChI=1S/C21H33N3O3/c1-3-4-6-16-8-10-17(11-9-16)21(25)24-14-5-7-18(15-24)27-20-13-12-19(26-2)22-23-20/h12-13,16-18H,3-11,14-15H2,1-2H3. The third-order valence-electron chi connectivity index (χ3n) is 5.96. The first-order valence-electron chi connectivity index (χ1n) is 10.5. The lowest BCUT2D eigenvalue weighted by Gasteiger charge is -2.36. The van der Waals surface area contributed by atoms with Crippen LogP contribution in [0.3, 0.4) is 0 Å². The van der Waals surface area contributed by atoms with Gasteiger partial charge in [0, 0.05) is 24.6 Å². The van der Waals surface area contributed by atoms with Crippen molar-refractivity contribution in [3.05, 3.63) is 12.1 Å². The van der Waals surface area contributed by atoms with Crippen LogP contribution in [0.5, 0.6) is 11.8 Å². The smallest absolute Gasteiger partial charge is 0.233 e. The maximum Gasteiger partial charge on any atom is 0.233 e. The quantitative estimate of drug-likeness (QED) is 0.724. The van der Waals surface area contributed by atoms with Crippen molar-refractivity contribution in [2.75, 3.05) is 20.2 Å². The van der Waals surface area contributed by atoms with Gasteiger partial charge < -0.3 is 14.4 Å². The highest BCUT2D eigenvalue weighted by atomic mass is 16.5. The second kappa shape index (κ2) is 9.90. The predicted molar refractivity (Wildman–Crippen MR) is 104 cm³/mol. The Morgan fingerprint density at radius 1 is 1.15 bits per heavy atom. The molecule has 1 atom stereocenters. The molecule has 2 fully saturated rings. The molecule has 0 aromatic carbocycles. The Balaban J connectivity index is 1.48. The van der Waals surface area contributed by atoms with E-state index in [2.05, 4.69) is 17.1 Å². The number of rotatable bonds is 7. The van der Waals surface area contributed by atoms with Gasteiger partial charge in [0.15, 0.2) is 0 Å². The van der Waals surface area contributed by atoms with Gasteiger partial charge in [0.2, 0.25) is 17.7 Å². The second-order valence-corrected chi connectivity index (χ2v) is 7.94. The average molecular weight is 376 g/mol. The van der Waals surface area contributed by atoms with E-state index in [0.717, 1.165) is 38.1 Å². The van der Waals surface area contributed by atoms with E-state index >= 15 is 0 Å². The van der Waals surface area contributed by atoms with Crippen molar-refractivity contribution in [2.45, 2.75) is 70.8 Å². The van der Waals surface area contributed by atoms with Gasteiger partial charge in [0.1, 0.15) is 6.10 Å². The molecule has 1 aromatic heterocycles. The van der Waals surface area contributed by atoms with Gasteiger partial charge in [-0.05, 0) is 44.4 Å². The van der Waals surface area contributed by atoms with E-state index in [1.807, 2.05) is 4.90 Å². The number of piperidine rings is 1. The number of likely N-dealkylation sites (tertiary alicyclic amines) is 1. The number of carbonyl (C=O) groups excluding carboxylic acids is 1. The van der Waals surface area contributed by atoms with Gasteiger partial charge in [-0.1, -0.05) is 26.2 Å². The summed E-state index contributed by atoms with van der Waals surface area (Å²) in [5.74, 6) is 2.34. The van der Waals surface area contributed by atoms with Crippen molar-refractivity contribution in [1.29, 1.82) is 0 Å². The Morgan fingerprint density at radius 3 is 2.56 bits per heavy atom. The Bertz CT molecular complexity index is 585. The minimum absolute atomic E-state index is 0.00807. The Morgan fingerprint density at radius 2 is 1.89 bits per heavy atom. The van der Waals surface area contributed by atoms with E-state index in [-0.39, 0.29) is 12.0 Å². The number of hydrogen-bond donors (Lipinski definition) is 0. The number of unbranched alkanes of at least 4 members (excludes halogenated alkanes) is 1. The summed E-state index contributed by atoms with van der Waals surface area (Å²) in [6.07, 6.45) is 10.4. The largest absolute Gasteiger partial charge is 0.480 e. The van der Waals surface area contributed by atoms with E-state index in [1.165, 1.54) is 32.1 Å². The number of carbonyl (C=O) groups is 1. The highest BCUT2D eigenvalue weighted by Gasteiger charge is 2.32. The zero-order chi connectivity index (χ0) is 19.1. The second-order valence-electron chi connectivity index (χ2n) is 7.94. The minimum Gasteiger partial charge on any atom is -0.480 e. The monoisotopic (exact) mass is 375 g/mol. The van der Waals surface area contributed by atoms with Gasteiger partial charge in [0.25, 0.3) is 0 Å². The summed E-state index contributed by atoms with van der Waals surface area (Å²) in [5, 5.41) is 7.98. The van der Waals surface area contributed by atoms with Crippen LogP contribution in [0.4, 0.5) is 0 Å². The van der Waals surface area contributed by atoms with E-state index in [1.54, 1.807) is 19.2 Å². The topological polar surface area (TPSA) is 64.6 Å². The molecule has 1 aromatic rings. The van der Waals surface area contributed by atoms with E-state index < -0.39 is 0 Å². The van der Waals surface area contributed by atoms with Crippen LogP contribution in [0, 0.1) is 11.8 Å². The minimum atomic E-state index is -0.00807. The van der Waals surface area contributed by atoms with Gasteiger partial charge in [0.05, 0.1) is 13.7 Å². The molecular weight excluding hydrogens is 342 g/mol. The summed E-state index contributed by atoms with van der Waals surface area (Å²) in [7, 11) is 1.56. The molecule has 0 N–H and O–H groups in total. The number of amides is 1. The molecule has 0 spiro atoms. The molecule has 1 unspecified atom stereocenters. The number of nitrogens with zero attached hydrogens (tertiary/aromatic N) is 3. The summed E-state index contributed by atoms with van der Waals surface area (Å²) in [4.78, 5) is 15.0. The molecule has 1 saturated heterocycles. The lowest BCUT2D eigenvalue weighted by atomic mass is 9.79. The van der Waals surface area contributed by atoms with Crippen LogP contribution in [0.15, 0.2) is 12.1 Å². The molecule has 150 valence electrons. The van der Waals surface area contributed by atoms with Crippen LogP contribution in [-0.4, -0.2) is 47.3 Å². The fourth-order valence-corrected chi connectivity index (χ4v) is 4.33. The third-order valence-corrected chi connectivity index (χ3v) is 5.96. The zero-order valence-electron chi connectivity index (χ0n) is 16.7. The summed E-state index contributed by atoms with van der Waals surface area (Å²) in [6, 6.07) is 3.51. The molecule has 27 heavy (non-hydrogen) atoms.